The molecule has 0 unspecified atom stereocenters. The quantitative estimate of drug-likeness (QED) is 0.835. The number of aliphatic carboxylic acids is 1. The Labute approximate surface area is 92.0 Å². The molecule has 0 spiro atoms. The number of carboxylic acid groups (broad SMARTS) is 1. The molecule has 1 fully saturated rings. The molecule has 0 aromatic carbocycles. The summed E-state index contributed by atoms with van der Waals surface area (Å²) in [5.41, 5.74) is -0.101. The van der Waals surface area contributed by atoms with Crippen LogP contribution in [0.4, 0.5) is 0 Å². The molecule has 0 amide bonds. The third kappa shape index (κ3) is 1.76. The van der Waals surface area contributed by atoms with Crippen LogP contribution in [0.3, 0.4) is 0 Å². The van der Waals surface area contributed by atoms with E-state index in [2.05, 4.69) is 5.16 Å². The van der Waals surface area contributed by atoms with Gasteiger partial charge in [0.2, 0.25) is 0 Å². The first-order valence-corrected chi connectivity index (χ1v) is 6.05. The highest BCUT2D eigenvalue weighted by molar-refractivity contribution is 7.99. The average molecular weight is 227 g/mol. The van der Waals surface area contributed by atoms with Crippen molar-refractivity contribution in [1.82, 2.24) is 5.16 Å². The zero-order chi connectivity index (χ0) is 10.9. The van der Waals surface area contributed by atoms with Crippen molar-refractivity contribution in [3.63, 3.8) is 0 Å². The predicted molar refractivity (Wildman–Crippen MR) is 57.1 cm³/mol. The van der Waals surface area contributed by atoms with E-state index in [0.29, 0.717) is 18.6 Å². The number of carbonyl (C=O) groups is 1. The van der Waals surface area contributed by atoms with Crippen LogP contribution < -0.4 is 0 Å². The van der Waals surface area contributed by atoms with Crippen molar-refractivity contribution in [1.29, 1.82) is 0 Å². The van der Waals surface area contributed by atoms with Crippen molar-refractivity contribution < 1.29 is 14.4 Å². The Bertz CT molecular complexity index is 368. The molecule has 0 saturated carbocycles. The summed E-state index contributed by atoms with van der Waals surface area (Å²) in [4.78, 5) is 11.4. The van der Waals surface area contributed by atoms with Crippen LogP contribution in [-0.4, -0.2) is 27.7 Å². The van der Waals surface area contributed by atoms with E-state index in [1.165, 1.54) is 0 Å². The molecule has 4 nitrogen and oxygen atoms in total. The van der Waals surface area contributed by atoms with Crippen molar-refractivity contribution in [3.8, 4) is 0 Å². The highest BCUT2D eigenvalue weighted by Gasteiger charge is 2.44. The summed E-state index contributed by atoms with van der Waals surface area (Å²) in [6.07, 6.45) is 1.25. The third-order valence-electron chi connectivity index (χ3n) is 2.86. The van der Waals surface area contributed by atoms with E-state index in [9.17, 15) is 9.90 Å². The molecule has 1 aromatic heterocycles. The van der Waals surface area contributed by atoms with Crippen LogP contribution in [0.2, 0.25) is 0 Å². The lowest BCUT2D eigenvalue weighted by Gasteiger charge is -2.30. The largest absolute Gasteiger partial charge is 0.480 e. The van der Waals surface area contributed by atoms with Crippen molar-refractivity contribution in [2.75, 3.05) is 11.5 Å². The second-order valence-corrected chi connectivity index (χ2v) is 5.06. The molecule has 2 rings (SSSR count). The van der Waals surface area contributed by atoms with Gasteiger partial charge in [-0.3, -0.25) is 4.79 Å². The van der Waals surface area contributed by atoms with Crippen molar-refractivity contribution in [3.05, 3.63) is 17.5 Å². The topological polar surface area (TPSA) is 63.3 Å². The van der Waals surface area contributed by atoms with Crippen LogP contribution in [0, 0.1) is 6.92 Å². The summed E-state index contributed by atoms with van der Waals surface area (Å²) < 4.78 is 5.13. The maximum absolute atomic E-state index is 11.4. The minimum Gasteiger partial charge on any atom is -0.480 e. The first-order chi connectivity index (χ1) is 7.15. The van der Waals surface area contributed by atoms with Gasteiger partial charge in [0.15, 0.2) is 5.76 Å². The number of aryl methyl sites for hydroxylation is 1. The van der Waals surface area contributed by atoms with Crippen LogP contribution in [0.25, 0.3) is 0 Å². The van der Waals surface area contributed by atoms with Gasteiger partial charge in [0.1, 0.15) is 5.41 Å². The van der Waals surface area contributed by atoms with E-state index in [1.54, 1.807) is 24.8 Å². The molecule has 0 atom stereocenters. The first-order valence-electron chi connectivity index (χ1n) is 4.90. The standard InChI is InChI=1S/C10H13NO3S/c1-7-6-8(14-11-7)10(9(12)13)2-4-15-5-3-10/h6H,2-5H2,1H3,(H,12,13). The summed E-state index contributed by atoms with van der Waals surface area (Å²) in [6.45, 7) is 1.81. The van der Waals surface area contributed by atoms with Gasteiger partial charge in [-0.25, -0.2) is 0 Å². The maximum Gasteiger partial charge on any atom is 0.317 e. The molecule has 0 bridgehead atoms. The second-order valence-electron chi connectivity index (χ2n) is 3.83. The van der Waals surface area contributed by atoms with Crippen LogP contribution in [0.1, 0.15) is 24.3 Å². The average Bonchev–Trinajstić information content (AvgIpc) is 2.66. The van der Waals surface area contributed by atoms with Crippen LogP contribution >= 0.6 is 11.8 Å². The summed E-state index contributed by atoms with van der Waals surface area (Å²) in [7, 11) is 0. The van der Waals surface area contributed by atoms with Crippen molar-refractivity contribution in [2.45, 2.75) is 25.2 Å². The number of hydrogen-bond acceptors (Lipinski definition) is 4. The van der Waals surface area contributed by atoms with Gasteiger partial charge in [0.25, 0.3) is 0 Å². The van der Waals surface area contributed by atoms with Gasteiger partial charge in [-0.05, 0) is 31.3 Å². The normalized spacial score (nSPS) is 20.1. The smallest absolute Gasteiger partial charge is 0.317 e. The minimum atomic E-state index is -0.841. The molecule has 2 heterocycles. The molecular formula is C10H13NO3S. The molecule has 1 N–H and O–H groups in total. The van der Waals surface area contributed by atoms with Gasteiger partial charge in [0.05, 0.1) is 5.69 Å². The summed E-state index contributed by atoms with van der Waals surface area (Å²) in [6, 6.07) is 1.74. The number of nitrogens with zero attached hydrogens (tertiary/aromatic N) is 1. The van der Waals surface area contributed by atoms with E-state index in [1.807, 2.05) is 0 Å². The molecule has 1 aromatic rings. The Morgan fingerprint density at radius 2 is 2.27 bits per heavy atom. The number of rotatable bonds is 2. The fourth-order valence-electron chi connectivity index (χ4n) is 1.87. The number of aromatic nitrogens is 1. The third-order valence-corrected chi connectivity index (χ3v) is 3.84. The second kappa shape index (κ2) is 3.89. The van der Waals surface area contributed by atoms with Gasteiger partial charge in [-0.2, -0.15) is 11.8 Å². The van der Waals surface area contributed by atoms with Gasteiger partial charge in [-0.15, -0.1) is 0 Å². The fourth-order valence-corrected chi connectivity index (χ4v) is 3.06. The fraction of sp³-hybridized carbons (Fsp3) is 0.600. The lowest BCUT2D eigenvalue weighted by Crippen LogP contribution is -2.39. The van der Waals surface area contributed by atoms with Gasteiger partial charge in [-0.1, -0.05) is 5.16 Å². The Kier molecular flexibility index (Phi) is 2.73. The Morgan fingerprint density at radius 1 is 1.60 bits per heavy atom. The molecular weight excluding hydrogens is 214 g/mol. The van der Waals surface area contributed by atoms with Gasteiger partial charge in [0, 0.05) is 6.07 Å². The lowest BCUT2D eigenvalue weighted by atomic mass is 9.79. The lowest BCUT2D eigenvalue weighted by molar-refractivity contribution is -0.145. The van der Waals surface area contributed by atoms with E-state index in [4.69, 9.17) is 4.52 Å². The van der Waals surface area contributed by atoms with E-state index in [0.717, 1.165) is 17.2 Å². The highest BCUT2D eigenvalue weighted by Crippen LogP contribution is 2.38. The van der Waals surface area contributed by atoms with Gasteiger partial charge >= 0.3 is 5.97 Å². The molecule has 15 heavy (non-hydrogen) atoms. The van der Waals surface area contributed by atoms with Crippen molar-refractivity contribution in [2.24, 2.45) is 0 Å². The Hall–Kier alpha value is -0.970. The highest BCUT2D eigenvalue weighted by atomic mass is 32.2. The zero-order valence-corrected chi connectivity index (χ0v) is 9.34. The number of carboxylic acids is 1. The minimum absolute atomic E-state index is 0.507. The zero-order valence-electron chi connectivity index (χ0n) is 8.52. The van der Waals surface area contributed by atoms with Crippen LogP contribution in [0.15, 0.2) is 10.6 Å². The van der Waals surface area contributed by atoms with E-state index in [-0.39, 0.29) is 0 Å². The molecule has 5 heteroatoms. The van der Waals surface area contributed by atoms with Gasteiger partial charge < -0.3 is 9.63 Å². The predicted octanol–water partition coefficient (Wildman–Crippen LogP) is 1.83. The molecule has 1 aliphatic heterocycles. The molecule has 1 saturated heterocycles. The molecule has 0 aliphatic carbocycles. The summed E-state index contributed by atoms with van der Waals surface area (Å²) in [5, 5.41) is 13.1. The summed E-state index contributed by atoms with van der Waals surface area (Å²) in [5.74, 6) is 1.45. The van der Waals surface area contributed by atoms with Crippen LogP contribution in [-0.2, 0) is 10.2 Å². The molecule has 1 aliphatic rings. The SMILES string of the molecule is Cc1cc(C2(C(=O)O)CCSCC2)on1. The van der Waals surface area contributed by atoms with Crippen LogP contribution in [0.5, 0.6) is 0 Å². The number of hydrogen-bond donors (Lipinski definition) is 1. The maximum atomic E-state index is 11.4. The molecule has 0 radical (unpaired) electrons. The van der Waals surface area contributed by atoms with E-state index < -0.39 is 11.4 Å². The first kappa shape index (κ1) is 10.5. The number of thioether (sulfide) groups is 1. The summed E-state index contributed by atoms with van der Waals surface area (Å²) >= 11 is 1.79. The van der Waals surface area contributed by atoms with E-state index >= 15 is 0 Å². The Balaban J connectivity index is 2.37. The molecule has 82 valence electrons. The monoisotopic (exact) mass is 227 g/mol. The Morgan fingerprint density at radius 3 is 2.73 bits per heavy atom. The van der Waals surface area contributed by atoms with Crippen molar-refractivity contribution >= 4 is 17.7 Å².